The number of H-pyrrole nitrogens is 1. The summed E-state index contributed by atoms with van der Waals surface area (Å²) in [5.41, 5.74) is 0.436. The van der Waals surface area contributed by atoms with Crippen LogP contribution in [0.4, 0.5) is 0 Å². The number of nitrogens with zero attached hydrogens (tertiary/aromatic N) is 3. The Kier molecular flexibility index (Phi) is 4.32. The number of aromatic amines is 1. The van der Waals surface area contributed by atoms with Gasteiger partial charge in [0.2, 0.25) is 0 Å². The van der Waals surface area contributed by atoms with Gasteiger partial charge in [0.15, 0.2) is 11.4 Å². The zero-order valence-corrected chi connectivity index (χ0v) is 11.8. The predicted molar refractivity (Wildman–Crippen MR) is 74.8 cm³/mol. The Labute approximate surface area is 121 Å². The number of nitrogens with one attached hydrogen (secondary N) is 1. The first-order valence-corrected chi connectivity index (χ1v) is 6.48. The van der Waals surface area contributed by atoms with Crippen molar-refractivity contribution in [2.75, 3.05) is 0 Å². The zero-order chi connectivity index (χ0) is 15.4. The molecule has 0 bridgehead atoms. The fraction of sp³-hybridized carbons (Fsp3) is 0.286. The third-order valence-electron chi connectivity index (χ3n) is 3.00. The summed E-state index contributed by atoms with van der Waals surface area (Å²) in [5.74, 6) is -1.65. The zero-order valence-electron chi connectivity index (χ0n) is 11.8. The van der Waals surface area contributed by atoms with Crippen LogP contribution in [0.5, 0.6) is 0 Å². The van der Waals surface area contributed by atoms with Crippen LogP contribution in [0.15, 0.2) is 30.7 Å². The number of carbonyl (C=O) groups is 2. The number of aromatic carboxylic acids is 1. The lowest BCUT2D eigenvalue weighted by molar-refractivity contribution is 0.0642. The fourth-order valence-corrected chi connectivity index (χ4v) is 1.91. The van der Waals surface area contributed by atoms with Crippen molar-refractivity contribution < 1.29 is 14.7 Å². The maximum Gasteiger partial charge on any atom is 0.354 e. The standard InChI is InChI=1S/C14H16N4O3/c1-9(2)18(7-10-5-3-4-6-15-10)13(19)11-12(14(20)21)17-8-16-11/h3-6,8-9H,7H2,1-2H3,(H,16,17)(H,20,21). The van der Waals surface area contributed by atoms with Crippen molar-refractivity contribution in [1.82, 2.24) is 19.9 Å². The SMILES string of the molecule is CC(C)N(Cc1ccccn1)C(=O)c1nc[nH]c1C(=O)O. The van der Waals surface area contributed by atoms with Gasteiger partial charge in [0.05, 0.1) is 18.6 Å². The van der Waals surface area contributed by atoms with Crippen molar-refractivity contribution >= 4 is 11.9 Å². The van der Waals surface area contributed by atoms with Crippen molar-refractivity contribution in [1.29, 1.82) is 0 Å². The summed E-state index contributed by atoms with van der Waals surface area (Å²) in [5, 5.41) is 9.06. The van der Waals surface area contributed by atoms with Crippen molar-refractivity contribution in [2.45, 2.75) is 26.4 Å². The molecule has 0 unspecified atom stereocenters. The number of carboxylic acid groups (broad SMARTS) is 1. The Morgan fingerprint density at radius 2 is 2.10 bits per heavy atom. The quantitative estimate of drug-likeness (QED) is 0.869. The first-order chi connectivity index (χ1) is 10.0. The van der Waals surface area contributed by atoms with Crippen LogP contribution in [-0.2, 0) is 6.54 Å². The van der Waals surface area contributed by atoms with Gasteiger partial charge < -0.3 is 15.0 Å². The minimum atomic E-state index is -1.21. The second-order valence-corrected chi connectivity index (χ2v) is 4.78. The molecule has 2 aromatic rings. The molecule has 2 N–H and O–H groups in total. The van der Waals surface area contributed by atoms with E-state index < -0.39 is 11.9 Å². The van der Waals surface area contributed by atoms with Gasteiger partial charge in [0.25, 0.3) is 5.91 Å². The molecule has 2 heterocycles. The molecule has 2 rings (SSSR count). The third-order valence-corrected chi connectivity index (χ3v) is 3.00. The molecule has 0 radical (unpaired) electrons. The van der Waals surface area contributed by atoms with Gasteiger partial charge in [-0.1, -0.05) is 6.07 Å². The molecule has 110 valence electrons. The van der Waals surface area contributed by atoms with Crippen LogP contribution in [0.2, 0.25) is 0 Å². The lowest BCUT2D eigenvalue weighted by atomic mass is 10.2. The van der Waals surface area contributed by atoms with Crippen LogP contribution in [0.25, 0.3) is 0 Å². The molecular formula is C14H16N4O3. The van der Waals surface area contributed by atoms with Gasteiger partial charge in [-0.05, 0) is 26.0 Å². The van der Waals surface area contributed by atoms with Crippen molar-refractivity contribution in [3.05, 3.63) is 47.8 Å². The van der Waals surface area contributed by atoms with E-state index in [4.69, 9.17) is 5.11 Å². The minimum Gasteiger partial charge on any atom is -0.477 e. The Morgan fingerprint density at radius 1 is 1.33 bits per heavy atom. The Bertz CT molecular complexity index is 637. The van der Waals surface area contributed by atoms with E-state index in [1.165, 1.54) is 11.2 Å². The molecule has 0 aliphatic heterocycles. The highest BCUT2D eigenvalue weighted by Crippen LogP contribution is 2.13. The highest BCUT2D eigenvalue weighted by Gasteiger charge is 2.26. The lowest BCUT2D eigenvalue weighted by Gasteiger charge is -2.25. The summed E-state index contributed by atoms with van der Waals surface area (Å²) < 4.78 is 0. The van der Waals surface area contributed by atoms with Gasteiger partial charge in [0.1, 0.15) is 0 Å². The molecule has 0 atom stereocenters. The molecule has 0 spiro atoms. The Morgan fingerprint density at radius 3 is 2.67 bits per heavy atom. The van der Waals surface area contributed by atoms with E-state index in [2.05, 4.69) is 15.0 Å². The highest BCUT2D eigenvalue weighted by atomic mass is 16.4. The highest BCUT2D eigenvalue weighted by molar-refractivity contribution is 6.02. The van der Waals surface area contributed by atoms with Crippen molar-refractivity contribution in [3.63, 3.8) is 0 Å². The second kappa shape index (κ2) is 6.17. The number of imidazole rings is 1. The van der Waals surface area contributed by atoms with E-state index >= 15 is 0 Å². The van der Waals surface area contributed by atoms with Crippen molar-refractivity contribution in [3.8, 4) is 0 Å². The molecule has 7 nitrogen and oxygen atoms in total. The van der Waals surface area contributed by atoms with E-state index in [1.54, 1.807) is 12.3 Å². The number of amides is 1. The van der Waals surface area contributed by atoms with E-state index in [1.807, 2.05) is 26.0 Å². The number of pyridine rings is 1. The molecule has 0 saturated heterocycles. The number of carboxylic acids is 1. The monoisotopic (exact) mass is 288 g/mol. The molecule has 2 aromatic heterocycles. The Hall–Kier alpha value is -2.70. The summed E-state index contributed by atoms with van der Waals surface area (Å²) in [6.45, 7) is 4.01. The summed E-state index contributed by atoms with van der Waals surface area (Å²) in [6.07, 6.45) is 2.85. The number of hydrogen-bond acceptors (Lipinski definition) is 4. The predicted octanol–water partition coefficient (Wildman–Crippen LogP) is 1.55. The van der Waals surface area contributed by atoms with Gasteiger partial charge in [-0.15, -0.1) is 0 Å². The smallest absolute Gasteiger partial charge is 0.354 e. The number of aromatic nitrogens is 3. The molecular weight excluding hydrogens is 272 g/mol. The van der Waals surface area contributed by atoms with E-state index in [-0.39, 0.29) is 17.4 Å². The molecule has 0 fully saturated rings. The van der Waals surface area contributed by atoms with Gasteiger partial charge in [-0.25, -0.2) is 9.78 Å². The number of carbonyl (C=O) groups excluding carboxylic acids is 1. The maximum atomic E-state index is 12.5. The summed E-state index contributed by atoms with van der Waals surface area (Å²) in [4.78, 5) is 35.6. The van der Waals surface area contributed by atoms with Gasteiger partial charge in [-0.2, -0.15) is 0 Å². The first-order valence-electron chi connectivity index (χ1n) is 6.48. The van der Waals surface area contributed by atoms with Crippen LogP contribution in [0.1, 0.15) is 40.5 Å². The van der Waals surface area contributed by atoms with Gasteiger partial charge >= 0.3 is 5.97 Å². The second-order valence-electron chi connectivity index (χ2n) is 4.78. The molecule has 21 heavy (non-hydrogen) atoms. The number of rotatable bonds is 5. The molecule has 1 amide bonds. The van der Waals surface area contributed by atoms with Crippen LogP contribution in [-0.4, -0.2) is 42.9 Å². The number of hydrogen-bond donors (Lipinski definition) is 2. The summed E-state index contributed by atoms with van der Waals surface area (Å²) in [6, 6.07) is 5.33. The molecule has 0 saturated carbocycles. The Balaban J connectivity index is 2.28. The maximum absolute atomic E-state index is 12.5. The van der Waals surface area contributed by atoms with Crippen LogP contribution < -0.4 is 0 Å². The van der Waals surface area contributed by atoms with E-state index in [9.17, 15) is 9.59 Å². The van der Waals surface area contributed by atoms with E-state index in [0.29, 0.717) is 6.54 Å². The minimum absolute atomic E-state index is 0.0906. The van der Waals surface area contributed by atoms with Crippen LogP contribution in [0, 0.1) is 0 Å². The largest absolute Gasteiger partial charge is 0.477 e. The van der Waals surface area contributed by atoms with Crippen molar-refractivity contribution in [2.24, 2.45) is 0 Å². The third kappa shape index (κ3) is 3.25. The normalized spacial score (nSPS) is 10.6. The topological polar surface area (TPSA) is 99.2 Å². The van der Waals surface area contributed by atoms with E-state index in [0.717, 1.165) is 5.69 Å². The first kappa shape index (κ1) is 14.7. The fourth-order valence-electron chi connectivity index (χ4n) is 1.91. The summed E-state index contributed by atoms with van der Waals surface area (Å²) >= 11 is 0. The molecule has 0 aliphatic rings. The lowest BCUT2D eigenvalue weighted by Crippen LogP contribution is -2.37. The van der Waals surface area contributed by atoms with Gasteiger partial charge in [-0.3, -0.25) is 9.78 Å². The summed E-state index contributed by atoms with van der Waals surface area (Å²) in [7, 11) is 0. The van der Waals surface area contributed by atoms with Crippen LogP contribution >= 0.6 is 0 Å². The molecule has 0 aromatic carbocycles. The molecule has 0 aliphatic carbocycles. The van der Waals surface area contributed by atoms with Gasteiger partial charge in [0, 0.05) is 12.2 Å². The molecule has 7 heteroatoms. The average Bonchev–Trinajstić information content (AvgIpc) is 2.94. The average molecular weight is 288 g/mol. The van der Waals surface area contributed by atoms with Crippen LogP contribution in [0.3, 0.4) is 0 Å².